The number of hydrogen-bond donors (Lipinski definition) is 0. The van der Waals surface area contributed by atoms with Crippen LogP contribution in [0.25, 0.3) is 0 Å². The van der Waals surface area contributed by atoms with Crippen LogP contribution in [0.15, 0.2) is 11.9 Å². The number of halogens is 1. The van der Waals surface area contributed by atoms with E-state index in [9.17, 15) is 9.18 Å². The Morgan fingerprint density at radius 2 is 2.40 bits per heavy atom. The number of carbonyl (C=O) groups is 1. The van der Waals surface area contributed by atoms with Gasteiger partial charge < -0.3 is 14.4 Å². The summed E-state index contributed by atoms with van der Waals surface area (Å²) in [6, 6.07) is 0. The number of ether oxygens (including phenoxy) is 2. The van der Waals surface area contributed by atoms with E-state index in [-0.39, 0.29) is 24.9 Å². The summed E-state index contributed by atoms with van der Waals surface area (Å²) in [6.07, 6.45) is 1.54. The Balaban J connectivity index is 1.92. The van der Waals surface area contributed by atoms with E-state index in [4.69, 9.17) is 9.47 Å². The zero-order valence-electron chi connectivity index (χ0n) is 8.45. The molecule has 0 aromatic heterocycles. The number of hydrogen-bond acceptors (Lipinski definition) is 3. The molecule has 2 rings (SSSR count). The lowest BCUT2D eigenvalue weighted by Gasteiger charge is -2.30. The molecular formula is C10H14FNO3. The van der Waals surface area contributed by atoms with Gasteiger partial charge in [-0.05, 0) is 12.5 Å². The van der Waals surface area contributed by atoms with Gasteiger partial charge in [0.15, 0.2) is 6.10 Å². The maximum atomic E-state index is 13.0. The predicted octanol–water partition coefficient (Wildman–Crippen LogP) is 0.487. The van der Waals surface area contributed by atoms with Gasteiger partial charge in [-0.1, -0.05) is 0 Å². The van der Waals surface area contributed by atoms with Crippen LogP contribution < -0.4 is 0 Å². The first-order valence-corrected chi connectivity index (χ1v) is 5.10. The molecule has 0 unspecified atom stereocenters. The fourth-order valence-electron chi connectivity index (χ4n) is 1.73. The Kier molecular flexibility index (Phi) is 3.33. The van der Waals surface area contributed by atoms with Crippen molar-refractivity contribution in [3.8, 4) is 0 Å². The molecule has 0 spiro atoms. The summed E-state index contributed by atoms with van der Waals surface area (Å²) < 4.78 is 23.4. The Hall–Kier alpha value is -0.940. The maximum absolute atomic E-state index is 13.0. The first kappa shape index (κ1) is 10.6. The van der Waals surface area contributed by atoms with Crippen LogP contribution in [-0.2, 0) is 14.3 Å². The summed E-state index contributed by atoms with van der Waals surface area (Å²) in [5.41, 5.74) is 0. The van der Waals surface area contributed by atoms with Crippen molar-refractivity contribution >= 4 is 5.91 Å². The van der Waals surface area contributed by atoms with Crippen molar-refractivity contribution in [1.29, 1.82) is 0 Å². The summed E-state index contributed by atoms with van der Waals surface area (Å²) >= 11 is 0. The van der Waals surface area contributed by atoms with Gasteiger partial charge >= 0.3 is 0 Å². The fourth-order valence-corrected chi connectivity index (χ4v) is 1.73. The molecule has 0 bridgehead atoms. The van der Waals surface area contributed by atoms with E-state index >= 15 is 0 Å². The van der Waals surface area contributed by atoms with Crippen molar-refractivity contribution in [2.45, 2.75) is 12.5 Å². The lowest BCUT2D eigenvalue weighted by molar-refractivity contribution is -0.157. The third-order valence-corrected chi connectivity index (χ3v) is 2.51. The highest BCUT2D eigenvalue weighted by molar-refractivity contribution is 5.81. The molecule has 2 aliphatic heterocycles. The number of carbonyl (C=O) groups excluding carboxylic acids is 1. The van der Waals surface area contributed by atoms with Crippen molar-refractivity contribution in [2.24, 2.45) is 0 Å². The Labute approximate surface area is 87.6 Å². The SMILES string of the molecule is O=C([C@@H]1COCCO1)N1CCC=C(F)C1. The predicted molar refractivity (Wildman–Crippen MR) is 50.9 cm³/mol. The van der Waals surface area contributed by atoms with Gasteiger partial charge in [0, 0.05) is 6.54 Å². The number of nitrogens with zero attached hydrogens (tertiary/aromatic N) is 1. The lowest BCUT2D eigenvalue weighted by atomic mass is 10.2. The molecule has 0 saturated carbocycles. The van der Waals surface area contributed by atoms with Gasteiger partial charge in [0.05, 0.1) is 26.4 Å². The normalized spacial score (nSPS) is 27.4. The van der Waals surface area contributed by atoms with Crippen LogP contribution in [0.5, 0.6) is 0 Å². The van der Waals surface area contributed by atoms with E-state index in [0.29, 0.717) is 26.2 Å². The summed E-state index contributed by atoms with van der Waals surface area (Å²) in [5.74, 6) is -0.413. The quantitative estimate of drug-likeness (QED) is 0.639. The largest absolute Gasteiger partial charge is 0.376 e. The van der Waals surface area contributed by atoms with E-state index in [0.717, 1.165) is 0 Å². The molecule has 1 amide bonds. The fraction of sp³-hybridized carbons (Fsp3) is 0.700. The molecule has 2 aliphatic rings. The third-order valence-electron chi connectivity index (χ3n) is 2.51. The first-order valence-electron chi connectivity index (χ1n) is 5.10. The van der Waals surface area contributed by atoms with E-state index in [1.165, 1.54) is 11.0 Å². The molecule has 2 heterocycles. The molecule has 15 heavy (non-hydrogen) atoms. The van der Waals surface area contributed by atoms with Gasteiger partial charge in [-0.3, -0.25) is 4.79 Å². The second-order valence-electron chi connectivity index (χ2n) is 3.63. The summed E-state index contributed by atoms with van der Waals surface area (Å²) in [7, 11) is 0. The molecule has 0 aromatic rings. The van der Waals surface area contributed by atoms with Gasteiger partial charge in [0.1, 0.15) is 5.83 Å². The minimum Gasteiger partial charge on any atom is -0.376 e. The van der Waals surface area contributed by atoms with Crippen LogP contribution in [0, 0.1) is 0 Å². The summed E-state index contributed by atoms with van der Waals surface area (Å²) in [4.78, 5) is 13.3. The van der Waals surface area contributed by atoms with E-state index in [1.54, 1.807) is 0 Å². The minimum absolute atomic E-state index is 0.0681. The average molecular weight is 215 g/mol. The third kappa shape index (κ3) is 2.54. The molecule has 1 saturated heterocycles. The number of amides is 1. The van der Waals surface area contributed by atoms with Crippen molar-refractivity contribution in [1.82, 2.24) is 4.90 Å². The van der Waals surface area contributed by atoms with Crippen LogP contribution in [0.1, 0.15) is 6.42 Å². The van der Waals surface area contributed by atoms with Crippen molar-refractivity contribution < 1.29 is 18.7 Å². The Morgan fingerprint density at radius 1 is 1.53 bits per heavy atom. The van der Waals surface area contributed by atoms with Crippen LogP contribution in [0.4, 0.5) is 4.39 Å². The molecule has 0 N–H and O–H groups in total. The zero-order valence-corrected chi connectivity index (χ0v) is 8.45. The van der Waals surface area contributed by atoms with E-state index in [1.807, 2.05) is 0 Å². The van der Waals surface area contributed by atoms with Gasteiger partial charge in [-0.2, -0.15) is 0 Å². The van der Waals surface area contributed by atoms with Gasteiger partial charge in [-0.25, -0.2) is 4.39 Å². The van der Waals surface area contributed by atoms with Gasteiger partial charge in [-0.15, -0.1) is 0 Å². The minimum atomic E-state index is -0.551. The molecule has 5 heteroatoms. The standard InChI is InChI=1S/C10H14FNO3/c11-8-2-1-3-12(6-8)10(13)9-7-14-4-5-15-9/h2,9H,1,3-7H2/t9-/m0/s1. The molecule has 84 valence electrons. The topological polar surface area (TPSA) is 38.8 Å². The molecular weight excluding hydrogens is 201 g/mol. The highest BCUT2D eigenvalue weighted by Crippen LogP contribution is 2.13. The summed E-state index contributed by atoms with van der Waals surface area (Å²) in [5, 5.41) is 0. The summed E-state index contributed by atoms with van der Waals surface area (Å²) in [6.45, 7) is 1.87. The second-order valence-corrected chi connectivity index (χ2v) is 3.63. The highest BCUT2D eigenvalue weighted by Gasteiger charge is 2.28. The van der Waals surface area contributed by atoms with Gasteiger partial charge in [0.25, 0.3) is 5.91 Å². The molecule has 1 atom stereocenters. The van der Waals surface area contributed by atoms with Crippen molar-refractivity contribution in [2.75, 3.05) is 32.9 Å². The Bertz CT molecular complexity index is 274. The smallest absolute Gasteiger partial charge is 0.254 e. The molecule has 1 fully saturated rings. The van der Waals surface area contributed by atoms with Crippen LogP contribution in [-0.4, -0.2) is 49.8 Å². The molecule has 0 aromatic carbocycles. The average Bonchev–Trinajstić information content (AvgIpc) is 2.29. The van der Waals surface area contributed by atoms with Crippen LogP contribution in [0.3, 0.4) is 0 Å². The first-order chi connectivity index (χ1) is 7.27. The molecule has 0 radical (unpaired) electrons. The van der Waals surface area contributed by atoms with E-state index in [2.05, 4.69) is 0 Å². The monoisotopic (exact) mass is 215 g/mol. The lowest BCUT2D eigenvalue weighted by Crippen LogP contribution is -2.46. The zero-order chi connectivity index (χ0) is 10.7. The Morgan fingerprint density at radius 3 is 3.07 bits per heavy atom. The van der Waals surface area contributed by atoms with Crippen molar-refractivity contribution in [3.05, 3.63) is 11.9 Å². The maximum Gasteiger partial charge on any atom is 0.254 e. The molecule has 4 nitrogen and oxygen atoms in total. The number of rotatable bonds is 1. The van der Waals surface area contributed by atoms with Gasteiger partial charge in [0.2, 0.25) is 0 Å². The van der Waals surface area contributed by atoms with Crippen LogP contribution in [0.2, 0.25) is 0 Å². The highest BCUT2D eigenvalue weighted by atomic mass is 19.1. The molecule has 0 aliphatic carbocycles. The van der Waals surface area contributed by atoms with Crippen molar-refractivity contribution in [3.63, 3.8) is 0 Å². The van der Waals surface area contributed by atoms with E-state index < -0.39 is 6.10 Å². The second kappa shape index (κ2) is 4.72. The van der Waals surface area contributed by atoms with Crippen LogP contribution >= 0.6 is 0 Å².